The first-order valence-electron chi connectivity index (χ1n) is 8.57. The number of rotatable bonds is 6. The number of carbonyl (C=O) groups excluding carboxylic acids is 1. The lowest BCUT2D eigenvalue weighted by Gasteiger charge is -2.28. The van der Waals surface area contributed by atoms with Crippen LogP contribution in [-0.4, -0.2) is 49.4 Å². The first-order chi connectivity index (χ1) is 11.3. The Morgan fingerprint density at radius 1 is 1.12 bits per heavy atom. The number of ether oxygens (including phenoxy) is 1. The van der Waals surface area contributed by atoms with Gasteiger partial charge in [-0.1, -0.05) is 6.07 Å². The van der Waals surface area contributed by atoms with Crippen LogP contribution in [-0.2, 0) is 14.6 Å². The number of benzene rings is 1. The molecule has 0 aromatic heterocycles. The highest BCUT2D eigenvalue weighted by molar-refractivity contribution is 7.91. The topological polar surface area (TPSA) is 63.7 Å². The number of aryl methyl sites for hydroxylation is 2. The van der Waals surface area contributed by atoms with E-state index < -0.39 is 9.84 Å². The molecule has 5 nitrogen and oxygen atoms in total. The van der Waals surface area contributed by atoms with E-state index in [1.165, 1.54) is 0 Å². The zero-order valence-corrected chi connectivity index (χ0v) is 15.1. The molecule has 2 aliphatic rings. The fourth-order valence-electron chi connectivity index (χ4n) is 3.45. The predicted octanol–water partition coefficient (Wildman–Crippen LogP) is 2.25. The van der Waals surface area contributed by atoms with Gasteiger partial charge in [0.2, 0.25) is 5.91 Å². The van der Waals surface area contributed by atoms with Crippen molar-refractivity contribution >= 4 is 15.7 Å². The minimum absolute atomic E-state index is 0.0176. The van der Waals surface area contributed by atoms with Crippen molar-refractivity contribution in [2.24, 2.45) is 0 Å². The van der Waals surface area contributed by atoms with Crippen molar-refractivity contribution in [2.45, 2.75) is 51.6 Å². The Balaban J connectivity index is 1.56. The van der Waals surface area contributed by atoms with Crippen molar-refractivity contribution in [3.63, 3.8) is 0 Å². The molecule has 1 saturated carbocycles. The van der Waals surface area contributed by atoms with Crippen molar-refractivity contribution in [3.8, 4) is 5.75 Å². The molecule has 24 heavy (non-hydrogen) atoms. The minimum Gasteiger partial charge on any atom is -0.493 e. The number of hydrogen-bond acceptors (Lipinski definition) is 4. The molecule has 3 rings (SSSR count). The predicted molar refractivity (Wildman–Crippen MR) is 93.0 cm³/mol. The van der Waals surface area contributed by atoms with Crippen LogP contribution in [0.5, 0.6) is 5.75 Å². The van der Waals surface area contributed by atoms with E-state index in [2.05, 4.69) is 6.07 Å². The number of amides is 1. The highest BCUT2D eigenvalue weighted by Gasteiger charge is 2.41. The molecule has 0 radical (unpaired) electrons. The zero-order chi connectivity index (χ0) is 17.3. The van der Waals surface area contributed by atoms with Crippen LogP contribution in [0.15, 0.2) is 18.2 Å². The molecule has 1 atom stereocenters. The lowest BCUT2D eigenvalue weighted by Crippen LogP contribution is -2.43. The maximum atomic E-state index is 12.6. The molecule has 1 unspecified atom stereocenters. The largest absolute Gasteiger partial charge is 0.493 e. The average molecular weight is 351 g/mol. The number of sulfone groups is 1. The molecular weight excluding hydrogens is 326 g/mol. The number of carbonyl (C=O) groups is 1. The number of nitrogens with zero attached hydrogens (tertiary/aromatic N) is 1. The highest BCUT2D eigenvalue weighted by Crippen LogP contribution is 2.32. The van der Waals surface area contributed by atoms with E-state index in [1.54, 1.807) is 0 Å². The Morgan fingerprint density at radius 2 is 1.79 bits per heavy atom. The second kappa shape index (κ2) is 6.75. The average Bonchev–Trinajstić information content (AvgIpc) is 3.22. The molecule has 0 bridgehead atoms. The third kappa shape index (κ3) is 4.29. The molecule has 1 aliphatic heterocycles. The Bertz CT molecular complexity index is 704. The van der Waals surface area contributed by atoms with Gasteiger partial charge in [-0.25, -0.2) is 8.42 Å². The molecule has 0 N–H and O–H groups in total. The Hall–Kier alpha value is -1.56. The van der Waals surface area contributed by atoms with Crippen molar-refractivity contribution < 1.29 is 17.9 Å². The number of hydrogen-bond donors (Lipinski definition) is 0. The molecule has 1 amide bonds. The molecule has 132 valence electrons. The summed E-state index contributed by atoms with van der Waals surface area (Å²) in [7, 11) is -2.98. The van der Waals surface area contributed by atoms with Gasteiger partial charge < -0.3 is 9.64 Å². The van der Waals surface area contributed by atoms with Crippen LogP contribution in [0.2, 0.25) is 0 Å². The minimum atomic E-state index is -2.98. The Labute approximate surface area is 143 Å². The van der Waals surface area contributed by atoms with E-state index in [4.69, 9.17) is 4.74 Å². The quantitative estimate of drug-likeness (QED) is 0.788. The normalized spacial score (nSPS) is 22.3. The molecule has 1 aliphatic carbocycles. The summed E-state index contributed by atoms with van der Waals surface area (Å²) in [6.45, 7) is 4.35. The molecule has 0 spiro atoms. The van der Waals surface area contributed by atoms with Crippen LogP contribution in [0, 0.1) is 13.8 Å². The summed E-state index contributed by atoms with van der Waals surface area (Å²) in [5.41, 5.74) is 2.26. The summed E-state index contributed by atoms with van der Waals surface area (Å²) in [6, 6.07) is 6.08. The van der Waals surface area contributed by atoms with Crippen LogP contribution in [0.3, 0.4) is 0 Å². The zero-order valence-electron chi connectivity index (χ0n) is 14.3. The van der Waals surface area contributed by atoms with Gasteiger partial charge in [-0.2, -0.15) is 0 Å². The van der Waals surface area contributed by atoms with E-state index in [0.29, 0.717) is 19.4 Å². The summed E-state index contributed by atoms with van der Waals surface area (Å²) in [5.74, 6) is 1.12. The second-order valence-corrected chi connectivity index (χ2v) is 9.24. The summed E-state index contributed by atoms with van der Waals surface area (Å²) < 4.78 is 29.1. The van der Waals surface area contributed by atoms with Crippen molar-refractivity contribution in [1.29, 1.82) is 0 Å². The van der Waals surface area contributed by atoms with Crippen LogP contribution in [0.25, 0.3) is 0 Å². The Kier molecular flexibility index (Phi) is 4.85. The van der Waals surface area contributed by atoms with Gasteiger partial charge in [0.1, 0.15) is 5.75 Å². The summed E-state index contributed by atoms with van der Waals surface area (Å²) in [6.07, 6.45) is 2.84. The monoisotopic (exact) mass is 351 g/mol. The van der Waals surface area contributed by atoms with Gasteiger partial charge in [0.15, 0.2) is 9.84 Å². The lowest BCUT2D eigenvalue weighted by molar-refractivity contribution is -0.134. The molecule has 1 aromatic rings. The summed E-state index contributed by atoms with van der Waals surface area (Å²) >= 11 is 0. The molecule has 1 aromatic carbocycles. The van der Waals surface area contributed by atoms with E-state index >= 15 is 0 Å². The van der Waals surface area contributed by atoms with Gasteiger partial charge in [0.05, 0.1) is 24.5 Å². The summed E-state index contributed by atoms with van der Waals surface area (Å²) in [4.78, 5) is 14.4. The third-order valence-corrected chi connectivity index (χ3v) is 6.36. The first kappa shape index (κ1) is 17.3. The molecule has 2 fully saturated rings. The second-order valence-electron chi connectivity index (χ2n) is 7.01. The fraction of sp³-hybridized carbons (Fsp3) is 0.611. The van der Waals surface area contributed by atoms with Crippen LogP contribution in [0.4, 0.5) is 0 Å². The molecule has 1 saturated heterocycles. The maximum absolute atomic E-state index is 12.6. The van der Waals surface area contributed by atoms with Gasteiger partial charge in [-0.3, -0.25) is 4.79 Å². The lowest BCUT2D eigenvalue weighted by atomic mass is 10.1. The van der Waals surface area contributed by atoms with E-state index in [1.807, 2.05) is 30.9 Å². The van der Waals surface area contributed by atoms with Gasteiger partial charge in [-0.15, -0.1) is 0 Å². The van der Waals surface area contributed by atoms with E-state index in [9.17, 15) is 13.2 Å². The Morgan fingerprint density at radius 3 is 2.33 bits per heavy atom. The summed E-state index contributed by atoms with van der Waals surface area (Å²) in [5, 5.41) is 0. The van der Waals surface area contributed by atoms with Crippen LogP contribution in [0.1, 0.15) is 36.8 Å². The molecular formula is C18H25NO4S. The standard InChI is InChI=1S/C18H25NO4S/c1-13-9-14(2)11-17(10-13)23-7-5-18(20)19(15-3-4-15)16-6-8-24(21,22)12-16/h9-11,15-16H,3-8,12H2,1-2H3. The van der Waals surface area contributed by atoms with Crippen LogP contribution >= 0.6 is 0 Å². The maximum Gasteiger partial charge on any atom is 0.226 e. The smallest absolute Gasteiger partial charge is 0.226 e. The van der Waals surface area contributed by atoms with Crippen molar-refractivity contribution in [3.05, 3.63) is 29.3 Å². The SMILES string of the molecule is Cc1cc(C)cc(OCCC(=O)N(C2CC2)C2CCS(=O)(=O)C2)c1. The third-order valence-electron chi connectivity index (χ3n) is 4.61. The fourth-order valence-corrected chi connectivity index (χ4v) is 5.17. The van der Waals surface area contributed by atoms with Crippen molar-refractivity contribution in [2.75, 3.05) is 18.1 Å². The van der Waals surface area contributed by atoms with Crippen molar-refractivity contribution in [1.82, 2.24) is 4.90 Å². The van der Waals surface area contributed by atoms with Crippen LogP contribution < -0.4 is 4.74 Å². The van der Waals surface area contributed by atoms with Gasteiger partial charge >= 0.3 is 0 Å². The van der Waals surface area contributed by atoms with E-state index in [-0.39, 0.29) is 29.5 Å². The van der Waals surface area contributed by atoms with Gasteiger partial charge in [0, 0.05) is 12.1 Å². The van der Waals surface area contributed by atoms with E-state index in [0.717, 1.165) is 29.7 Å². The van der Waals surface area contributed by atoms with Gasteiger partial charge in [-0.05, 0) is 56.4 Å². The molecule has 1 heterocycles. The molecule has 6 heteroatoms. The first-order valence-corrected chi connectivity index (χ1v) is 10.4. The highest BCUT2D eigenvalue weighted by atomic mass is 32.2. The van der Waals surface area contributed by atoms with Gasteiger partial charge in [0.25, 0.3) is 0 Å².